The number of likely N-dealkylation sites (tertiary alicyclic amines) is 2. The Balaban J connectivity index is 0.00000173. The molecule has 3 aliphatic heterocycles. The molecule has 0 bridgehead atoms. The second-order valence-electron chi connectivity index (χ2n) is 12.0. The van der Waals surface area contributed by atoms with Crippen LogP contribution in [0.15, 0.2) is 30.5 Å². The van der Waals surface area contributed by atoms with Crippen LogP contribution in [0.4, 0.5) is 0 Å². The van der Waals surface area contributed by atoms with Gasteiger partial charge >= 0.3 is 0 Å². The minimum atomic E-state index is -0.0661. The number of carbonyl (C=O) groups is 2. The molecule has 1 aromatic heterocycles. The highest BCUT2D eigenvalue weighted by Gasteiger charge is 2.36. The molecule has 9 heteroatoms. The predicted molar refractivity (Wildman–Crippen MR) is 168 cm³/mol. The van der Waals surface area contributed by atoms with Crippen molar-refractivity contribution in [3.63, 3.8) is 0 Å². The number of rotatable bonds is 5. The number of benzene rings is 1. The van der Waals surface area contributed by atoms with Crippen LogP contribution in [-0.2, 0) is 9.59 Å². The molecule has 6 rings (SSSR count). The van der Waals surface area contributed by atoms with Gasteiger partial charge in [-0.25, -0.2) is 0 Å². The summed E-state index contributed by atoms with van der Waals surface area (Å²) in [6.07, 6.45) is 11.9. The molecule has 3 fully saturated rings. The largest absolute Gasteiger partial charge is 0.400 e. The Bertz CT molecular complexity index is 1280. The van der Waals surface area contributed by atoms with E-state index >= 15 is 0 Å². The first-order chi connectivity index (χ1) is 20.5. The van der Waals surface area contributed by atoms with Crippen molar-refractivity contribution in [2.24, 2.45) is 17.8 Å². The fourth-order valence-corrected chi connectivity index (χ4v) is 7.75. The summed E-state index contributed by atoms with van der Waals surface area (Å²) in [6.45, 7) is 5.83. The van der Waals surface area contributed by atoms with Gasteiger partial charge < -0.3 is 15.3 Å². The number of nitrogens with zero attached hydrogens (tertiary/aromatic N) is 3. The van der Waals surface area contributed by atoms with E-state index in [0.717, 1.165) is 120 Å². The van der Waals surface area contributed by atoms with Gasteiger partial charge in [-0.3, -0.25) is 19.5 Å². The summed E-state index contributed by atoms with van der Waals surface area (Å²) in [4.78, 5) is 34.5. The van der Waals surface area contributed by atoms with Gasteiger partial charge in [-0.2, -0.15) is 0 Å². The second-order valence-corrected chi connectivity index (χ2v) is 12.8. The summed E-state index contributed by atoms with van der Waals surface area (Å²) in [7, 11) is 1.00. The Labute approximate surface area is 259 Å². The van der Waals surface area contributed by atoms with Crippen molar-refractivity contribution in [3.05, 3.63) is 62.9 Å². The van der Waals surface area contributed by atoms with Crippen LogP contribution in [0, 0.1) is 17.8 Å². The van der Waals surface area contributed by atoms with Crippen LogP contribution in [0.1, 0.15) is 73.4 Å². The number of halogens is 2. The molecule has 1 atom stereocenters. The molecule has 1 aliphatic carbocycles. The monoisotopic (exact) mass is 612 g/mol. The lowest BCUT2D eigenvalue weighted by Crippen LogP contribution is -2.44. The third kappa shape index (κ3) is 6.92. The van der Waals surface area contributed by atoms with E-state index in [1.807, 2.05) is 24.3 Å². The van der Waals surface area contributed by atoms with Crippen LogP contribution in [0.3, 0.4) is 0 Å². The van der Waals surface area contributed by atoms with E-state index in [0.29, 0.717) is 39.3 Å². The minimum Gasteiger partial charge on any atom is -0.400 e. The average Bonchev–Trinajstić information content (AvgIpc) is 3.16. The molecule has 2 N–H and O–H groups in total. The standard InChI is InChI=1S/C32H38Cl2N4O2.CH4O/c33-26-1-2-28-24(17-26)16-25(20-39)29-18-27(34)19-36-31(29)32(28)38-13-7-23(8-14-38)22-5-11-37(12-6-22)30(40)15-21-3-9-35-10-4-21;1-2/h1-2,16-23,32,35H,3-15H2;2H,1H3. The molecular weight excluding hydrogens is 571 g/mol. The molecule has 4 heterocycles. The zero-order chi connectivity index (χ0) is 29.6. The summed E-state index contributed by atoms with van der Waals surface area (Å²) < 4.78 is 0. The lowest BCUT2D eigenvalue weighted by Gasteiger charge is -2.43. The Morgan fingerprint density at radius 2 is 1.64 bits per heavy atom. The zero-order valence-electron chi connectivity index (χ0n) is 24.4. The minimum absolute atomic E-state index is 0.0661. The maximum Gasteiger partial charge on any atom is 0.222 e. The van der Waals surface area contributed by atoms with E-state index in [9.17, 15) is 9.59 Å². The number of piperidine rings is 3. The summed E-state index contributed by atoms with van der Waals surface area (Å²) in [5, 5.41) is 11.6. The van der Waals surface area contributed by atoms with Gasteiger partial charge in [0.1, 0.15) is 0 Å². The Morgan fingerprint density at radius 1 is 0.976 bits per heavy atom. The van der Waals surface area contributed by atoms with Crippen LogP contribution in [0.2, 0.25) is 10.0 Å². The van der Waals surface area contributed by atoms with Crippen LogP contribution in [-0.4, -0.2) is 78.5 Å². The molecule has 1 amide bonds. The van der Waals surface area contributed by atoms with Gasteiger partial charge in [-0.15, -0.1) is 0 Å². The number of aldehydes is 1. The maximum absolute atomic E-state index is 12.9. The number of aromatic nitrogens is 1. The topological polar surface area (TPSA) is 85.8 Å². The molecule has 1 unspecified atom stereocenters. The molecular formula is C33H42Cl2N4O3. The van der Waals surface area contributed by atoms with Gasteiger partial charge in [-0.05, 0) is 118 Å². The van der Waals surface area contributed by atoms with Crippen LogP contribution >= 0.6 is 23.2 Å². The van der Waals surface area contributed by atoms with Gasteiger partial charge in [0, 0.05) is 49.0 Å². The van der Waals surface area contributed by atoms with Gasteiger partial charge in [0.15, 0.2) is 6.29 Å². The molecule has 0 saturated carbocycles. The number of aliphatic hydroxyl groups excluding tert-OH is 1. The maximum atomic E-state index is 12.9. The van der Waals surface area contributed by atoms with Crippen molar-refractivity contribution in [1.29, 1.82) is 0 Å². The SMILES string of the molecule is CO.O=CC1=Cc2cc(Cl)ccc2C(N2CCC(C3CCN(C(=O)CC4CCNCC4)CC3)CC2)c2ncc(Cl)cc21. The average molecular weight is 614 g/mol. The number of fused-ring (bicyclic) bond motifs is 2. The highest BCUT2D eigenvalue weighted by Crippen LogP contribution is 2.42. The van der Waals surface area contributed by atoms with Crippen molar-refractivity contribution in [2.45, 2.75) is 51.0 Å². The number of nitrogens with one attached hydrogen (secondary N) is 1. The molecule has 42 heavy (non-hydrogen) atoms. The third-order valence-electron chi connectivity index (χ3n) is 9.66. The van der Waals surface area contributed by atoms with Crippen molar-refractivity contribution in [2.75, 3.05) is 46.4 Å². The lowest BCUT2D eigenvalue weighted by atomic mass is 9.78. The highest BCUT2D eigenvalue weighted by molar-refractivity contribution is 6.31. The quantitative estimate of drug-likeness (QED) is 0.435. The normalized spacial score (nSPS) is 22.2. The molecule has 0 radical (unpaired) electrons. The van der Waals surface area contributed by atoms with Crippen LogP contribution in [0.5, 0.6) is 0 Å². The predicted octanol–water partition coefficient (Wildman–Crippen LogP) is 5.48. The van der Waals surface area contributed by atoms with Crippen molar-refractivity contribution >= 4 is 47.0 Å². The number of hydrogen-bond donors (Lipinski definition) is 2. The number of aliphatic hydroxyl groups is 1. The second kappa shape index (κ2) is 14.5. The van der Waals surface area contributed by atoms with Gasteiger partial charge in [0.2, 0.25) is 5.91 Å². The molecule has 4 aliphatic rings. The first-order valence-corrected chi connectivity index (χ1v) is 16.0. The van der Waals surface area contributed by atoms with E-state index in [1.165, 1.54) is 0 Å². The molecule has 226 valence electrons. The lowest BCUT2D eigenvalue weighted by molar-refractivity contribution is -0.134. The number of hydrogen-bond acceptors (Lipinski definition) is 6. The summed E-state index contributed by atoms with van der Waals surface area (Å²) >= 11 is 12.7. The van der Waals surface area contributed by atoms with Gasteiger partial charge in [0.25, 0.3) is 0 Å². The Hall–Kier alpha value is -2.29. The van der Waals surface area contributed by atoms with Crippen molar-refractivity contribution < 1.29 is 14.7 Å². The zero-order valence-corrected chi connectivity index (χ0v) is 25.9. The first-order valence-electron chi connectivity index (χ1n) is 15.3. The summed E-state index contributed by atoms with van der Waals surface area (Å²) in [5.74, 6) is 2.27. The van der Waals surface area contributed by atoms with E-state index in [-0.39, 0.29) is 6.04 Å². The third-order valence-corrected chi connectivity index (χ3v) is 10.1. The number of allylic oxidation sites excluding steroid dienone is 1. The molecule has 2 aromatic rings. The van der Waals surface area contributed by atoms with E-state index in [2.05, 4.69) is 21.2 Å². The van der Waals surface area contributed by atoms with Gasteiger partial charge in [-0.1, -0.05) is 29.3 Å². The summed E-state index contributed by atoms with van der Waals surface area (Å²) in [5.41, 5.74) is 4.33. The van der Waals surface area contributed by atoms with Crippen molar-refractivity contribution in [3.8, 4) is 0 Å². The fraction of sp³-hybridized carbons (Fsp3) is 0.545. The molecule has 3 saturated heterocycles. The number of amides is 1. The van der Waals surface area contributed by atoms with Gasteiger partial charge in [0.05, 0.1) is 16.8 Å². The van der Waals surface area contributed by atoms with Crippen LogP contribution in [0.25, 0.3) is 11.6 Å². The molecule has 0 spiro atoms. The molecule has 7 nitrogen and oxygen atoms in total. The molecule has 1 aromatic carbocycles. The fourth-order valence-electron chi connectivity index (χ4n) is 7.41. The van der Waals surface area contributed by atoms with E-state index in [1.54, 1.807) is 6.20 Å². The smallest absolute Gasteiger partial charge is 0.222 e. The number of pyridine rings is 1. The highest BCUT2D eigenvalue weighted by atomic mass is 35.5. The van der Waals surface area contributed by atoms with E-state index < -0.39 is 0 Å². The van der Waals surface area contributed by atoms with E-state index in [4.69, 9.17) is 33.3 Å². The Morgan fingerprint density at radius 3 is 2.31 bits per heavy atom. The summed E-state index contributed by atoms with van der Waals surface area (Å²) in [6, 6.07) is 7.74. The first kappa shape index (κ1) is 31.1. The van der Waals surface area contributed by atoms with Crippen LogP contribution < -0.4 is 5.32 Å². The van der Waals surface area contributed by atoms with Crippen molar-refractivity contribution in [1.82, 2.24) is 20.1 Å². The number of carbonyl (C=O) groups excluding carboxylic acids is 2. The Kier molecular flexibility index (Phi) is 10.7.